The van der Waals surface area contributed by atoms with E-state index in [1.807, 2.05) is 24.3 Å². The van der Waals surface area contributed by atoms with Gasteiger partial charge in [0.05, 0.1) is 11.0 Å². The van der Waals surface area contributed by atoms with Crippen LogP contribution in [0.1, 0.15) is 9.67 Å². The Labute approximate surface area is 93.9 Å². The summed E-state index contributed by atoms with van der Waals surface area (Å²) in [4.78, 5) is 16.4. The third-order valence-electron chi connectivity index (χ3n) is 2.24. The van der Waals surface area contributed by atoms with E-state index in [1.165, 1.54) is 11.3 Å². The first-order chi connectivity index (χ1) is 7.31. The molecular weight excluding hydrogens is 232 g/mol. The minimum absolute atomic E-state index is 0.443. The summed E-state index contributed by atoms with van der Waals surface area (Å²) in [5.41, 5.74) is 1.82. The molecule has 0 atom stereocenters. The predicted molar refractivity (Wildman–Crippen MR) is 61.0 cm³/mol. The number of fused-ring (bicyclic) bond motifs is 3. The molecule has 0 saturated carbocycles. The number of aldehydes is 1. The molecule has 0 radical (unpaired) electrons. The van der Waals surface area contributed by atoms with Crippen LogP contribution in [0.25, 0.3) is 16.0 Å². The number of halogens is 1. The highest BCUT2D eigenvalue weighted by atomic mass is 35.5. The van der Waals surface area contributed by atoms with Crippen LogP contribution in [0.15, 0.2) is 24.3 Å². The first-order valence-corrected chi connectivity index (χ1v) is 5.51. The number of nitrogens with zero attached hydrogens (tertiary/aromatic N) is 2. The number of imidazole rings is 1. The van der Waals surface area contributed by atoms with Crippen molar-refractivity contribution >= 4 is 45.2 Å². The Morgan fingerprint density at radius 3 is 3.00 bits per heavy atom. The van der Waals surface area contributed by atoms with Gasteiger partial charge in [-0.1, -0.05) is 35.1 Å². The van der Waals surface area contributed by atoms with Gasteiger partial charge in [0.2, 0.25) is 0 Å². The van der Waals surface area contributed by atoms with Crippen molar-refractivity contribution < 1.29 is 4.79 Å². The molecule has 2 aromatic heterocycles. The molecule has 3 rings (SSSR count). The van der Waals surface area contributed by atoms with E-state index < -0.39 is 0 Å². The molecule has 0 fully saturated rings. The van der Waals surface area contributed by atoms with Crippen LogP contribution in [0.2, 0.25) is 5.15 Å². The number of thiazole rings is 1. The van der Waals surface area contributed by atoms with E-state index in [2.05, 4.69) is 4.98 Å². The number of hydrogen-bond donors (Lipinski definition) is 0. The largest absolute Gasteiger partial charge is 0.297 e. The summed E-state index contributed by atoms with van der Waals surface area (Å²) in [7, 11) is 0. The second-order valence-corrected chi connectivity index (χ2v) is 4.46. The van der Waals surface area contributed by atoms with Crippen LogP contribution in [-0.4, -0.2) is 15.7 Å². The highest BCUT2D eigenvalue weighted by molar-refractivity contribution is 7.19. The molecule has 5 heteroatoms. The number of benzene rings is 1. The van der Waals surface area contributed by atoms with E-state index in [1.54, 1.807) is 4.40 Å². The second kappa shape index (κ2) is 3.05. The molecule has 0 spiro atoms. The zero-order valence-corrected chi connectivity index (χ0v) is 9.05. The first-order valence-electron chi connectivity index (χ1n) is 4.32. The average molecular weight is 237 g/mol. The molecule has 0 N–H and O–H groups in total. The van der Waals surface area contributed by atoms with Gasteiger partial charge in [-0.2, -0.15) is 0 Å². The molecule has 0 aliphatic heterocycles. The third-order valence-corrected chi connectivity index (χ3v) is 3.69. The number of carbonyl (C=O) groups excluding carboxylic acids is 1. The average Bonchev–Trinajstić information content (AvgIpc) is 2.75. The Morgan fingerprint density at radius 1 is 1.40 bits per heavy atom. The van der Waals surface area contributed by atoms with Crippen molar-refractivity contribution in [3.8, 4) is 0 Å². The van der Waals surface area contributed by atoms with Gasteiger partial charge in [0, 0.05) is 0 Å². The van der Waals surface area contributed by atoms with Gasteiger partial charge in [0.1, 0.15) is 10.0 Å². The summed E-state index contributed by atoms with van der Waals surface area (Å²) in [5, 5.41) is 0.443. The van der Waals surface area contributed by atoms with Crippen molar-refractivity contribution in [3.05, 3.63) is 34.3 Å². The van der Waals surface area contributed by atoms with Gasteiger partial charge in [-0.3, -0.25) is 9.20 Å². The predicted octanol–water partition coefficient (Wildman–Crippen LogP) is 3.01. The maximum absolute atomic E-state index is 10.7. The number of carbonyl (C=O) groups is 1. The molecule has 2 heterocycles. The molecule has 0 unspecified atom stereocenters. The fraction of sp³-hybridized carbons (Fsp3) is 0. The molecule has 74 valence electrons. The molecule has 0 bridgehead atoms. The third kappa shape index (κ3) is 1.12. The minimum atomic E-state index is 0.443. The number of para-hydroxylation sites is 2. The van der Waals surface area contributed by atoms with Gasteiger partial charge < -0.3 is 0 Å². The lowest BCUT2D eigenvalue weighted by molar-refractivity contribution is 0.112. The van der Waals surface area contributed by atoms with Crippen LogP contribution < -0.4 is 0 Å². The van der Waals surface area contributed by atoms with E-state index in [0.717, 1.165) is 22.3 Å². The molecule has 0 aliphatic rings. The SMILES string of the molecule is O=Cc1sc2nc3ccccc3n2c1Cl. The quantitative estimate of drug-likeness (QED) is 0.609. The van der Waals surface area contributed by atoms with Crippen molar-refractivity contribution in [2.24, 2.45) is 0 Å². The van der Waals surface area contributed by atoms with E-state index in [9.17, 15) is 4.79 Å². The Hall–Kier alpha value is -1.39. The zero-order valence-electron chi connectivity index (χ0n) is 7.48. The fourth-order valence-electron chi connectivity index (χ4n) is 1.59. The molecular formula is C10H5ClN2OS. The van der Waals surface area contributed by atoms with E-state index >= 15 is 0 Å². The van der Waals surface area contributed by atoms with Gasteiger partial charge in [0.25, 0.3) is 0 Å². The zero-order chi connectivity index (χ0) is 10.4. The Kier molecular flexibility index (Phi) is 1.81. The maximum Gasteiger partial charge on any atom is 0.196 e. The van der Waals surface area contributed by atoms with Gasteiger partial charge >= 0.3 is 0 Å². The second-order valence-electron chi connectivity index (χ2n) is 3.09. The van der Waals surface area contributed by atoms with E-state index in [-0.39, 0.29) is 0 Å². The van der Waals surface area contributed by atoms with Gasteiger partial charge in [-0.25, -0.2) is 4.98 Å². The Balaban J connectivity index is 2.56. The number of rotatable bonds is 1. The molecule has 0 amide bonds. The van der Waals surface area contributed by atoms with E-state index in [4.69, 9.17) is 11.6 Å². The summed E-state index contributed by atoms with van der Waals surface area (Å²) >= 11 is 7.38. The van der Waals surface area contributed by atoms with E-state index in [0.29, 0.717) is 10.0 Å². The Bertz CT molecular complexity index is 670. The monoisotopic (exact) mass is 236 g/mol. The van der Waals surface area contributed by atoms with Gasteiger partial charge in [0.15, 0.2) is 11.2 Å². The van der Waals surface area contributed by atoms with Crippen molar-refractivity contribution in [1.29, 1.82) is 0 Å². The van der Waals surface area contributed by atoms with Crippen LogP contribution in [0, 0.1) is 0 Å². The molecule has 15 heavy (non-hydrogen) atoms. The molecule has 0 aliphatic carbocycles. The van der Waals surface area contributed by atoms with Crippen LogP contribution in [0.4, 0.5) is 0 Å². The molecule has 3 nitrogen and oxygen atoms in total. The standard InChI is InChI=1S/C10H5ClN2OS/c11-9-8(5-14)15-10-12-6-3-1-2-4-7(6)13(9)10/h1-5H. The van der Waals surface area contributed by atoms with Gasteiger partial charge in [-0.15, -0.1) is 0 Å². The van der Waals surface area contributed by atoms with Crippen LogP contribution >= 0.6 is 22.9 Å². The summed E-state index contributed by atoms with van der Waals surface area (Å²) in [6, 6.07) is 7.70. The van der Waals surface area contributed by atoms with Crippen molar-refractivity contribution in [1.82, 2.24) is 9.38 Å². The van der Waals surface area contributed by atoms with Crippen molar-refractivity contribution in [2.45, 2.75) is 0 Å². The van der Waals surface area contributed by atoms with Crippen molar-refractivity contribution in [3.63, 3.8) is 0 Å². The summed E-state index contributed by atoms with van der Waals surface area (Å²) in [6.07, 6.45) is 0.760. The van der Waals surface area contributed by atoms with Crippen LogP contribution in [0.5, 0.6) is 0 Å². The molecule has 1 aromatic carbocycles. The van der Waals surface area contributed by atoms with Gasteiger partial charge in [-0.05, 0) is 12.1 Å². The lowest BCUT2D eigenvalue weighted by Gasteiger charge is -1.91. The molecule has 3 aromatic rings. The number of aromatic nitrogens is 2. The minimum Gasteiger partial charge on any atom is -0.297 e. The highest BCUT2D eigenvalue weighted by Gasteiger charge is 2.13. The number of hydrogen-bond acceptors (Lipinski definition) is 3. The molecule has 0 saturated heterocycles. The smallest absolute Gasteiger partial charge is 0.196 e. The topological polar surface area (TPSA) is 34.4 Å². The lowest BCUT2D eigenvalue weighted by atomic mass is 10.3. The summed E-state index contributed by atoms with van der Waals surface area (Å²) in [5.74, 6) is 0. The summed E-state index contributed by atoms with van der Waals surface area (Å²) in [6.45, 7) is 0. The fourth-order valence-corrected chi connectivity index (χ4v) is 2.81. The summed E-state index contributed by atoms with van der Waals surface area (Å²) < 4.78 is 1.80. The van der Waals surface area contributed by atoms with Crippen LogP contribution in [0.3, 0.4) is 0 Å². The van der Waals surface area contributed by atoms with Crippen molar-refractivity contribution in [2.75, 3.05) is 0 Å². The van der Waals surface area contributed by atoms with Crippen LogP contribution in [-0.2, 0) is 0 Å². The first kappa shape index (κ1) is 8.88. The highest BCUT2D eigenvalue weighted by Crippen LogP contribution is 2.29. The lowest BCUT2D eigenvalue weighted by Crippen LogP contribution is -1.81. The maximum atomic E-state index is 10.7. The Morgan fingerprint density at radius 2 is 2.20 bits per heavy atom. The normalized spacial score (nSPS) is 11.3.